The molecule has 2 N–H and O–H groups in total. The number of thioether (sulfide) groups is 1. The highest BCUT2D eigenvalue weighted by atomic mass is 32.2. The summed E-state index contributed by atoms with van der Waals surface area (Å²) in [6.45, 7) is 4.85. The van der Waals surface area contributed by atoms with Crippen molar-refractivity contribution < 1.29 is 14.3 Å². The van der Waals surface area contributed by atoms with E-state index in [1.165, 1.54) is 18.0 Å². The van der Waals surface area contributed by atoms with Crippen LogP contribution < -0.4 is 20.2 Å². The van der Waals surface area contributed by atoms with Crippen molar-refractivity contribution in [3.63, 3.8) is 0 Å². The number of nitrogens with zero attached hydrogens (tertiary/aromatic N) is 4. The van der Waals surface area contributed by atoms with Gasteiger partial charge < -0.3 is 19.4 Å². The standard InChI is InChI=1S/C27H28N6O3S/c1-4-14-33-25(17-28-23-11-7-9-19-8-5-6-10-22(19)23)30-32-27(33)37-18-26(34)31-29-16-20-12-13-21(35-2)15-24(20)36-3/h4-13,15-16,28H,1,14,17-18H2,2-3H3,(H,31,34). The highest BCUT2D eigenvalue weighted by Crippen LogP contribution is 2.25. The fourth-order valence-electron chi connectivity index (χ4n) is 3.68. The van der Waals surface area contributed by atoms with Crippen molar-refractivity contribution >= 4 is 40.3 Å². The van der Waals surface area contributed by atoms with E-state index in [9.17, 15) is 4.79 Å². The minimum Gasteiger partial charge on any atom is -0.497 e. The van der Waals surface area contributed by atoms with Crippen molar-refractivity contribution in [1.29, 1.82) is 0 Å². The SMILES string of the molecule is C=CCn1c(CNc2cccc3ccccc23)nnc1SCC(=O)NN=Cc1ccc(OC)cc1OC. The zero-order chi connectivity index (χ0) is 26.0. The van der Waals surface area contributed by atoms with E-state index in [1.54, 1.807) is 38.5 Å². The lowest BCUT2D eigenvalue weighted by Gasteiger charge is -2.11. The molecular formula is C27H28N6O3S. The Morgan fingerprint density at radius 2 is 1.95 bits per heavy atom. The molecular weight excluding hydrogens is 488 g/mol. The van der Waals surface area contributed by atoms with Crippen LogP contribution in [0, 0.1) is 0 Å². The summed E-state index contributed by atoms with van der Waals surface area (Å²) in [5.74, 6) is 1.87. The second-order valence-electron chi connectivity index (χ2n) is 7.87. The van der Waals surface area contributed by atoms with Gasteiger partial charge in [0.25, 0.3) is 5.91 Å². The molecule has 10 heteroatoms. The van der Waals surface area contributed by atoms with Gasteiger partial charge >= 0.3 is 0 Å². The number of fused-ring (bicyclic) bond motifs is 1. The molecule has 0 atom stereocenters. The van der Waals surface area contributed by atoms with Crippen LogP contribution in [0.1, 0.15) is 11.4 Å². The molecule has 3 aromatic carbocycles. The maximum Gasteiger partial charge on any atom is 0.250 e. The molecule has 0 bridgehead atoms. The van der Waals surface area contributed by atoms with E-state index in [4.69, 9.17) is 9.47 Å². The van der Waals surface area contributed by atoms with Crippen LogP contribution in [0.15, 0.2) is 83.6 Å². The molecule has 0 saturated heterocycles. The van der Waals surface area contributed by atoms with Crippen LogP contribution in [0.3, 0.4) is 0 Å². The summed E-state index contributed by atoms with van der Waals surface area (Å²) >= 11 is 1.29. The third-order valence-corrected chi connectivity index (χ3v) is 6.46. The summed E-state index contributed by atoms with van der Waals surface area (Å²) in [4.78, 5) is 12.4. The Morgan fingerprint density at radius 3 is 2.76 bits per heavy atom. The Hall–Kier alpha value is -4.31. The fraction of sp³-hybridized carbons (Fsp3) is 0.185. The lowest BCUT2D eigenvalue weighted by Crippen LogP contribution is -2.20. The van der Waals surface area contributed by atoms with Gasteiger partial charge in [0, 0.05) is 29.2 Å². The number of hydrogen-bond donors (Lipinski definition) is 2. The fourth-order valence-corrected chi connectivity index (χ4v) is 4.44. The lowest BCUT2D eigenvalue weighted by molar-refractivity contribution is -0.118. The van der Waals surface area contributed by atoms with Crippen molar-refractivity contribution in [3.05, 3.63) is 84.7 Å². The second-order valence-corrected chi connectivity index (χ2v) is 8.81. The molecule has 0 radical (unpaired) electrons. The minimum atomic E-state index is -0.266. The molecule has 4 aromatic rings. The van der Waals surface area contributed by atoms with Crippen molar-refractivity contribution in [3.8, 4) is 11.5 Å². The third-order valence-electron chi connectivity index (χ3n) is 5.50. The molecule has 0 aliphatic rings. The van der Waals surface area contributed by atoms with Crippen LogP contribution in [0.4, 0.5) is 5.69 Å². The highest BCUT2D eigenvalue weighted by Gasteiger charge is 2.14. The number of carbonyl (C=O) groups excluding carboxylic acids is 1. The number of aromatic nitrogens is 3. The van der Waals surface area contributed by atoms with Gasteiger partial charge in [0.05, 0.1) is 32.7 Å². The van der Waals surface area contributed by atoms with Crippen molar-refractivity contribution in [2.24, 2.45) is 5.10 Å². The maximum atomic E-state index is 12.4. The number of anilines is 1. The average Bonchev–Trinajstić information content (AvgIpc) is 3.32. The van der Waals surface area contributed by atoms with Gasteiger partial charge in [-0.1, -0.05) is 54.2 Å². The molecule has 0 saturated carbocycles. The molecule has 190 valence electrons. The van der Waals surface area contributed by atoms with Crippen LogP contribution in [0.2, 0.25) is 0 Å². The van der Waals surface area contributed by atoms with E-state index in [0.717, 1.165) is 22.3 Å². The van der Waals surface area contributed by atoms with Gasteiger partial charge in [-0.3, -0.25) is 4.79 Å². The second kappa shape index (κ2) is 12.6. The third kappa shape index (κ3) is 6.47. The first-order valence-electron chi connectivity index (χ1n) is 11.5. The number of amides is 1. The molecule has 0 aliphatic heterocycles. The molecule has 0 fully saturated rings. The summed E-state index contributed by atoms with van der Waals surface area (Å²) in [5.41, 5.74) is 4.27. The van der Waals surface area contributed by atoms with E-state index in [1.807, 2.05) is 28.8 Å². The van der Waals surface area contributed by atoms with E-state index in [-0.39, 0.29) is 11.7 Å². The van der Waals surface area contributed by atoms with Crippen LogP contribution in [0.5, 0.6) is 11.5 Å². The Labute approximate surface area is 219 Å². The zero-order valence-electron chi connectivity index (χ0n) is 20.7. The Kier molecular flexibility index (Phi) is 8.77. The number of carbonyl (C=O) groups is 1. The first-order valence-corrected chi connectivity index (χ1v) is 12.5. The van der Waals surface area contributed by atoms with E-state index in [0.29, 0.717) is 35.3 Å². The molecule has 37 heavy (non-hydrogen) atoms. The monoisotopic (exact) mass is 516 g/mol. The highest BCUT2D eigenvalue weighted by molar-refractivity contribution is 7.99. The van der Waals surface area contributed by atoms with Crippen LogP contribution in [-0.2, 0) is 17.9 Å². The van der Waals surface area contributed by atoms with Crippen molar-refractivity contribution in [2.45, 2.75) is 18.2 Å². The smallest absolute Gasteiger partial charge is 0.250 e. The quantitative estimate of drug-likeness (QED) is 0.124. The summed E-state index contributed by atoms with van der Waals surface area (Å²) < 4.78 is 12.5. The summed E-state index contributed by atoms with van der Waals surface area (Å²) in [6, 6.07) is 19.7. The summed E-state index contributed by atoms with van der Waals surface area (Å²) in [5, 5.41) is 19.1. The van der Waals surface area contributed by atoms with Crippen LogP contribution in [-0.4, -0.2) is 46.9 Å². The number of hydrogen-bond acceptors (Lipinski definition) is 8. The van der Waals surface area contributed by atoms with Gasteiger partial charge in [-0.05, 0) is 23.6 Å². The lowest BCUT2D eigenvalue weighted by atomic mass is 10.1. The largest absolute Gasteiger partial charge is 0.497 e. The Bertz CT molecular complexity index is 1410. The molecule has 0 aliphatic carbocycles. The summed E-state index contributed by atoms with van der Waals surface area (Å²) in [6.07, 6.45) is 3.31. The van der Waals surface area contributed by atoms with Gasteiger partial charge in [-0.2, -0.15) is 5.10 Å². The number of ether oxygens (including phenoxy) is 2. The Balaban J connectivity index is 1.36. The number of rotatable bonds is 12. The molecule has 1 heterocycles. The average molecular weight is 517 g/mol. The maximum absolute atomic E-state index is 12.4. The van der Waals surface area contributed by atoms with E-state index in [2.05, 4.69) is 50.8 Å². The van der Waals surface area contributed by atoms with E-state index < -0.39 is 0 Å². The Morgan fingerprint density at radius 1 is 1.11 bits per heavy atom. The molecule has 1 amide bonds. The molecule has 4 rings (SSSR count). The first kappa shape index (κ1) is 25.8. The number of methoxy groups -OCH3 is 2. The number of benzene rings is 3. The van der Waals surface area contributed by atoms with Crippen LogP contribution in [0.25, 0.3) is 10.8 Å². The molecule has 0 spiro atoms. The first-order chi connectivity index (χ1) is 18.1. The predicted octanol–water partition coefficient (Wildman–Crippen LogP) is 4.49. The van der Waals surface area contributed by atoms with Gasteiger partial charge in [-0.15, -0.1) is 16.8 Å². The van der Waals surface area contributed by atoms with Gasteiger partial charge in [0.2, 0.25) is 0 Å². The van der Waals surface area contributed by atoms with Crippen LogP contribution >= 0.6 is 11.8 Å². The van der Waals surface area contributed by atoms with E-state index >= 15 is 0 Å². The number of allylic oxidation sites excluding steroid dienone is 1. The number of nitrogens with one attached hydrogen (secondary N) is 2. The van der Waals surface area contributed by atoms with Gasteiger partial charge in [-0.25, -0.2) is 5.43 Å². The topological polar surface area (TPSA) is 103 Å². The zero-order valence-corrected chi connectivity index (χ0v) is 21.5. The van der Waals surface area contributed by atoms with Crippen molar-refractivity contribution in [1.82, 2.24) is 20.2 Å². The van der Waals surface area contributed by atoms with Gasteiger partial charge in [0.1, 0.15) is 11.5 Å². The van der Waals surface area contributed by atoms with Gasteiger partial charge in [0.15, 0.2) is 11.0 Å². The molecule has 9 nitrogen and oxygen atoms in total. The normalized spacial score (nSPS) is 11.0. The summed E-state index contributed by atoms with van der Waals surface area (Å²) in [7, 11) is 3.15. The van der Waals surface area contributed by atoms with Crippen molar-refractivity contribution in [2.75, 3.05) is 25.3 Å². The number of hydrazone groups is 1. The minimum absolute atomic E-state index is 0.128. The molecule has 1 aromatic heterocycles. The molecule has 0 unspecified atom stereocenters. The predicted molar refractivity (Wildman–Crippen MR) is 148 cm³/mol.